The van der Waals surface area contributed by atoms with E-state index in [4.69, 9.17) is 9.47 Å². The van der Waals surface area contributed by atoms with Crippen LogP contribution in [-0.4, -0.2) is 14.2 Å². The second-order valence-electron chi connectivity index (χ2n) is 10.1. The maximum atomic E-state index is 5.43. The van der Waals surface area contributed by atoms with Crippen LogP contribution in [0.2, 0.25) is 0 Å². The van der Waals surface area contributed by atoms with Crippen molar-refractivity contribution in [3.63, 3.8) is 0 Å². The summed E-state index contributed by atoms with van der Waals surface area (Å²) in [4.78, 5) is 0. The molecular weight excluding hydrogens is 512 g/mol. The predicted octanol–water partition coefficient (Wildman–Crippen LogP) is 9.12. The molecule has 0 spiro atoms. The minimum absolute atomic E-state index is 0.838. The zero-order valence-corrected chi connectivity index (χ0v) is 23.4. The largest absolute Gasteiger partial charge is 0.497 e. The summed E-state index contributed by atoms with van der Waals surface area (Å²) in [5.74, 6) is 15.8. The van der Waals surface area contributed by atoms with Crippen LogP contribution in [0.4, 0.5) is 0 Å². The summed E-state index contributed by atoms with van der Waals surface area (Å²) >= 11 is 0. The molecular formula is C40H26O2. The number of methoxy groups -OCH3 is 2. The van der Waals surface area contributed by atoms with Gasteiger partial charge in [0.15, 0.2) is 0 Å². The molecule has 0 aliphatic heterocycles. The lowest BCUT2D eigenvalue weighted by molar-refractivity contribution is 0.415. The van der Waals surface area contributed by atoms with Gasteiger partial charge in [0.25, 0.3) is 0 Å². The highest BCUT2D eigenvalue weighted by Gasteiger charge is 2.12. The van der Waals surface area contributed by atoms with E-state index in [0.717, 1.165) is 76.8 Å². The first-order valence-electron chi connectivity index (χ1n) is 13.8. The molecule has 7 aromatic rings. The van der Waals surface area contributed by atoms with Gasteiger partial charge in [-0.15, -0.1) is 0 Å². The van der Waals surface area contributed by atoms with Gasteiger partial charge in [0, 0.05) is 22.3 Å². The Balaban J connectivity index is 1.42. The fourth-order valence-electron chi connectivity index (χ4n) is 5.65. The Morgan fingerprint density at radius 3 is 1.17 bits per heavy atom. The second-order valence-corrected chi connectivity index (χ2v) is 10.1. The van der Waals surface area contributed by atoms with E-state index in [2.05, 4.69) is 109 Å². The minimum Gasteiger partial charge on any atom is -0.497 e. The van der Waals surface area contributed by atoms with Crippen LogP contribution in [0.5, 0.6) is 11.5 Å². The summed E-state index contributed by atoms with van der Waals surface area (Å²) in [6.45, 7) is 0. The van der Waals surface area contributed by atoms with Crippen molar-refractivity contribution < 1.29 is 9.47 Å². The quantitative estimate of drug-likeness (QED) is 0.161. The molecule has 0 aliphatic carbocycles. The summed E-state index contributed by atoms with van der Waals surface area (Å²) < 4.78 is 10.9. The van der Waals surface area contributed by atoms with Gasteiger partial charge in [0.2, 0.25) is 0 Å². The molecule has 7 aromatic carbocycles. The summed E-state index contributed by atoms with van der Waals surface area (Å²) in [6, 6.07) is 41.5. The van der Waals surface area contributed by atoms with Crippen molar-refractivity contribution in [3.8, 4) is 35.2 Å². The van der Waals surface area contributed by atoms with Gasteiger partial charge in [-0.05, 0) is 91.6 Å². The number of rotatable bonds is 2. The van der Waals surface area contributed by atoms with Gasteiger partial charge >= 0.3 is 0 Å². The van der Waals surface area contributed by atoms with E-state index in [0.29, 0.717) is 0 Å². The van der Waals surface area contributed by atoms with Crippen molar-refractivity contribution in [3.05, 3.63) is 144 Å². The molecule has 0 atom stereocenters. The molecule has 0 aromatic heterocycles. The van der Waals surface area contributed by atoms with Gasteiger partial charge in [0.05, 0.1) is 14.2 Å². The van der Waals surface area contributed by atoms with E-state index in [1.165, 1.54) is 0 Å². The first-order chi connectivity index (χ1) is 20.7. The summed E-state index contributed by atoms with van der Waals surface area (Å²) in [5.41, 5.74) is 3.99. The summed E-state index contributed by atoms with van der Waals surface area (Å²) in [6.07, 6.45) is 0. The molecule has 0 N–H and O–H groups in total. The maximum absolute atomic E-state index is 5.43. The first-order valence-corrected chi connectivity index (χ1v) is 13.8. The van der Waals surface area contributed by atoms with E-state index in [-0.39, 0.29) is 0 Å². The van der Waals surface area contributed by atoms with Crippen LogP contribution in [0.1, 0.15) is 22.3 Å². The fraction of sp³-hybridized carbons (Fsp3) is 0.0500. The lowest BCUT2D eigenvalue weighted by atomic mass is 9.91. The molecule has 2 nitrogen and oxygen atoms in total. The van der Waals surface area contributed by atoms with Crippen molar-refractivity contribution in [1.82, 2.24) is 0 Å². The van der Waals surface area contributed by atoms with Crippen LogP contribution in [0.3, 0.4) is 0 Å². The molecule has 0 amide bonds. The van der Waals surface area contributed by atoms with Crippen molar-refractivity contribution in [2.75, 3.05) is 14.2 Å². The summed E-state index contributed by atoms with van der Waals surface area (Å²) in [5, 5.41) is 8.80. The SMILES string of the molecule is COc1ccc2c(C#Cc3c4ccccc4c(C#Cc4cccc5cc(OC)ccc45)c4ccccc34)cccc2c1. The van der Waals surface area contributed by atoms with Crippen LogP contribution >= 0.6 is 0 Å². The van der Waals surface area contributed by atoms with Crippen molar-refractivity contribution >= 4 is 43.1 Å². The van der Waals surface area contributed by atoms with E-state index in [1.54, 1.807) is 14.2 Å². The predicted molar refractivity (Wildman–Crippen MR) is 174 cm³/mol. The number of ether oxygens (including phenoxy) is 2. The standard InChI is InChI=1S/C40H26O2/c1-41-31-19-23-33-27(9-7-11-29(33)25-31)17-21-39-35-13-3-5-15-37(35)40(38-16-6-4-14-36(38)39)22-18-28-10-8-12-30-26-32(42-2)20-24-34(28)30/h3-16,19-20,23-26H,1-2H3. The Morgan fingerprint density at radius 2 is 0.786 bits per heavy atom. The van der Waals surface area contributed by atoms with E-state index in [9.17, 15) is 0 Å². The molecule has 0 heterocycles. The molecule has 0 radical (unpaired) electrons. The average molecular weight is 539 g/mol. The van der Waals surface area contributed by atoms with Crippen LogP contribution in [0, 0.1) is 23.7 Å². The van der Waals surface area contributed by atoms with Crippen molar-refractivity contribution in [2.45, 2.75) is 0 Å². The van der Waals surface area contributed by atoms with Crippen LogP contribution in [0.25, 0.3) is 43.1 Å². The molecule has 0 saturated carbocycles. The lowest BCUT2D eigenvalue weighted by Gasteiger charge is -2.11. The lowest BCUT2D eigenvalue weighted by Crippen LogP contribution is -1.91. The molecule has 0 fully saturated rings. The third-order valence-electron chi connectivity index (χ3n) is 7.75. The van der Waals surface area contributed by atoms with Gasteiger partial charge in [-0.1, -0.05) is 96.5 Å². The highest BCUT2D eigenvalue weighted by molar-refractivity contribution is 6.10. The Hall–Kier alpha value is -5.70. The Labute approximate surface area is 245 Å². The minimum atomic E-state index is 0.838. The molecule has 198 valence electrons. The van der Waals surface area contributed by atoms with Crippen LogP contribution in [-0.2, 0) is 0 Å². The summed E-state index contributed by atoms with van der Waals surface area (Å²) in [7, 11) is 3.38. The third kappa shape index (κ3) is 4.46. The Bertz CT molecular complexity index is 2070. The monoisotopic (exact) mass is 538 g/mol. The van der Waals surface area contributed by atoms with Gasteiger partial charge < -0.3 is 9.47 Å². The number of fused-ring (bicyclic) bond motifs is 4. The Kier molecular flexibility index (Phi) is 6.44. The number of hydrogen-bond donors (Lipinski definition) is 0. The molecule has 0 saturated heterocycles. The topological polar surface area (TPSA) is 18.5 Å². The average Bonchev–Trinajstić information content (AvgIpc) is 3.05. The molecule has 0 bridgehead atoms. The highest BCUT2D eigenvalue weighted by Crippen LogP contribution is 2.33. The maximum Gasteiger partial charge on any atom is 0.119 e. The van der Waals surface area contributed by atoms with Gasteiger partial charge in [-0.25, -0.2) is 0 Å². The molecule has 0 aliphatic rings. The van der Waals surface area contributed by atoms with E-state index in [1.807, 2.05) is 36.4 Å². The second kappa shape index (κ2) is 10.7. The normalized spacial score (nSPS) is 10.7. The van der Waals surface area contributed by atoms with Crippen LogP contribution < -0.4 is 9.47 Å². The smallest absolute Gasteiger partial charge is 0.119 e. The molecule has 7 rings (SSSR count). The van der Waals surface area contributed by atoms with E-state index >= 15 is 0 Å². The molecule has 42 heavy (non-hydrogen) atoms. The number of hydrogen-bond acceptors (Lipinski definition) is 2. The van der Waals surface area contributed by atoms with Crippen molar-refractivity contribution in [1.29, 1.82) is 0 Å². The third-order valence-corrected chi connectivity index (χ3v) is 7.75. The van der Waals surface area contributed by atoms with Crippen molar-refractivity contribution in [2.24, 2.45) is 0 Å². The molecule has 0 unspecified atom stereocenters. The van der Waals surface area contributed by atoms with Crippen LogP contribution in [0.15, 0.2) is 121 Å². The van der Waals surface area contributed by atoms with Gasteiger partial charge in [-0.2, -0.15) is 0 Å². The highest BCUT2D eigenvalue weighted by atomic mass is 16.5. The Morgan fingerprint density at radius 1 is 0.381 bits per heavy atom. The van der Waals surface area contributed by atoms with E-state index < -0.39 is 0 Å². The number of benzene rings is 7. The fourth-order valence-corrected chi connectivity index (χ4v) is 5.65. The zero-order valence-electron chi connectivity index (χ0n) is 23.4. The molecule has 2 heteroatoms. The van der Waals surface area contributed by atoms with Gasteiger partial charge in [-0.3, -0.25) is 0 Å². The zero-order chi connectivity index (χ0) is 28.5. The van der Waals surface area contributed by atoms with Gasteiger partial charge in [0.1, 0.15) is 11.5 Å². The first kappa shape index (κ1) is 25.3.